The van der Waals surface area contributed by atoms with Gasteiger partial charge in [0.15, 0.2) is 0 Å². The molecule has 1 amide bonds. The van der Waals surface area contributed by atoms with Crippen molar-refractivity contribution in [2.45, 2.75) is 12.5 Å². The fourth-order valence-corrected chi connectivity index (χ4v) is 1.69. The van der Waals surface area contributed by atoms with Gasteiger partial charge in [-0.1, -0.05) is 0 Å². The SMILES string of the molecule is CN(c1ccc(F)cn1)C1CCNC1=O. The molecule has 1 N–H and O–H groups in total. The molecule has 1 aliphatic heterocycles. The first-order valence-electron chi connectivity index (χ1n) is 4.80. The van der Waals surface area contributed by atoms with E-state index in [1.807, 2.05) is 0 Å². The van der Waals surface area contributed by atoms with E-state index >= 15 is 0 Å². The molecule has 5 heteroatoms. The molecule has 0 radical (unpaired) electrons. The summed E-state index contributed by atoms with van der Waals surface area (Å²) >= 11 is 0. The van der Waals surface area contributed by atoms with Crippen LogP contribution in [0.25, 0.3) is 0 Å². The highest BCUT2D eigenvalue weighted by Gasteiger charge is 2.28. The minimum Gasteiger partial charge on any atom is -0.354 e. The summed E-state index contributed by atoms with van der Waals surface area (Å²) in [5, 5.41) is 2.75. The predicted molar refractivity (Wildman–Crippen MR) is 54.0 cm³/mol. The van der Waals surface area contributed by atoms with Crippen LogP contribution in [-0.2, 0) is 4.79 Å². The number of halogens is 1. The number of pyridine rings is 1. The van der Waals surface area contributed by atoms with Crippen molar-refractivity contribution in [3.05, 3.63) is 24.1 Å². The van der Waals surface area contributed by atoms with E-state index in [-0.39, 0.29) is 17.8 Å². The van der Waals surface area contributed by atoms with Gasteiger partial charge in [-0.05, 0) is 18.6 Å². The average molecular weight is 209 g/mol. The van der Waals surface area contributed by atoms with Crippen LogP contribution in [0, 0.1) is 5.82 Å². The Morgan fingerprint density at radius 1 is 1.60 bits per heavy atom. The van der Waals surface area contributed by atoms with E-state index in [2.05, 4.69) is 10.3 Å². The summed E-state index contributed by atoms with van der Waals surface area (Å²) in [6, 6.07) is 2.72. The highest BCUT2D eigenvalue weighted by Crippen LogP contribution is 2.16. The summed E-state index contributed by atoms with van der Waals surface area (Å²) in [4.78, 5) is 17.1. The van der Waals surface area contributed by atoms with E-state index in [0.717, 1.165) is 12.6 Å². The molecule has 4 nitrogen and oxygen atoms in total. The van der Waals surface area contributed by atoms with Gasteiger partial charge in [0.25, 0.3) is 0 Å². The second-order valence-electron chi connectivity index (χ2n) is 3.54. The van der Waals surface area contributed by atoms with E-state index in [4.69, 9.17) is 0 Å². The molecular weight excluding hydrogens is 197 g/mol. The number of amides is 1. The van der Waals surface area contributed by atoms with Crippen molar-refractivity contribution >= 4 is 11.7 Å². The summed E-state index contributed by atoms with van der Waals surface area (Å²) < 4.78 is 12.6. The number of nitrogens with one attached hydrogen (secondary N) is 1. The smallest absolute Gasteiger partial charge is 0.242 e. The van der Waals surface area contributed by atoms with Gasteiger partial charge in [0.05, 0.1) is 6.20 Å². The largest absolute Gasteiger partial charge is 0.354 e. The summed E-state index contributed by atoms with van der Waals surface area (Å²) in [5.41, 5.74) is 0. The Morgan fingerprint density at radius 3 is 2.93 bits per heavy atom. The average Bonchev–Trinajstić information content (AvgIpc) is 2.65. The molecule has 1 saturated heterocycles. The van der Waals surface area contributed by atoms with Crippen molar-refractivity contribution in [3.8, 4) is 0 Å². The molecule has 0 aromatic carbocycles. The van der Waals surface area contributed by atoms with Crippen molar-refractivity contribution in [2.75, 3.05) is 18.5 Å². The van der Waals surface area contributed by atoms with Gasteiger partial charge in [0, 0.05) is 13.6 Å². The molecule has 0 saturated carbocycles. The number of likely N-dealkylation sites (N-methyl/N-ethyl adjacent to an activating group) is 1. The van der Waals surface area contributed by atoms with E-state index in [1.54, 1.807) is 18.0 Å². The summed E-state index contributed by atoms with van der Waals surface area (Å²) in [6.45, 7) is 0.690. The standard InChI is InChI=1S/C10H12FN3O/c1-14(8-4-5-12-10(8)15)9-3-2-7(11)6-13-9/h2-3,6,8H,4-5H2,1H3,(H,12,15). The fraction of sp³-hybridized carbons (Fsp3) is 0.400. The molecule has 1 aromatic heterocycles. The van der Waals surface area contributed by atoms with Gasteiger partial charge in [-0.2, -0.15) is 0 Å². The van der Waals surface area contributed by atoms with Gasteiger partial charge < -0.3 is 10.2 Å². The predicted octanol–water partition coefficient (Wildman–Crippen LogP) is 0.545. The van der Waals surface area contributed by atoms with Crippen LogP contribution in [-0.4, -0.2) is 30.5 Å². The quantitative estimate of drug-likeness (QED) is 0.773. The molecule has 2 heterocycles. The van der Waals surface area contributed by atoms with Crippen molar-refractivity contribution in [1.29, 1.82) is 0 Å². The minimum absolute atomic E-state index is 0.00336. The van der Waals surface area contributed by atoms with E-state index in [0.29, 0.717) is 12.4 Å². The summed E-state index contributed by atoms with van der Waals surface area (Å²) in [6.07, 6.45) is 1.91. The second-order valence-corrected chi connectivity index (χ2v) is 3.54. The molecule has 2 rings (SSSR count). The van der Waals surface area contributed by atoms with Crippen LogP contribution in [0.2, 0.25) is 0 Å². The molecule has 0 aliphatic carbocycles. The number of aromatic nitrogens is 1. The first-order valence-corrected chi connectivity index (χ1v) is 4.80. The van der Waals surface area contributed by atoms with Crippen molar-refractivity contribution < 1.29 is 9.18 Å². The zero-order valence-electron chi connectivity index (χ0n) is 8.40. The highest BCUT2D eigenvalue weighted by atomic mass is 19.1. The lowest BCUT2D eigenvalue weighted by Crippen LogP contribution is -2.38. The van der Waals surface area contributed by atoms with E-state index < -0.39 is 0 Å². The Balaban J connectivity index is 2.16. The summed E-state index contributed by atoms with van der Waals surface area (Å²) in [5.74, 6) is 0.241. The van der Waals surface area contributed by atoms with Gasteiger partial charge in [0.2, 0.25) is 5.91 Å². The van der Waals surface area contributed by atoms with Crippen LogP contribution in [0.4, 0.5) is 10.2 Å². The maximum Gasteiger partial charge on any atom is 0.242 e. The maximum absolute atomic E-state index is 12.6. The van der Waals surface area contributed by atoms with Crippen LogP contribution in [0.3, 0.4) is 0 Å². The normalized spacial score (nSPS) is 20.1. The number of nitrogens with zero attached hydrogens (tertiary/aromatic N) is 2. The molecule has 80 valence electrons. The molecular formula is C10H12FN3O. The third-order valence-electron chi connectivity index (χ3n) is 2.56. The zero-order chi connectivity index (χ0) is 10.8. The fourth-order valence-electron chi connectivity index (χ4n) is 1.69. The molecule has 1 atom stereocenters. The molecule has 15 heavy (non-hydrogen) atoms. The lowest BCUT2D eigenvalue weighted by Gasteiger charge is -2.22. The monoisotopic (exact) mass is 209 g/mol. The highest BCUT2D eigenvalue weighted by molar-refractivity contribution is 5.86. The summed E-state index contributed by atoms with van der Waals surface area (Å²) in [7, 11) is 1.79. The van der Waals surface area contributed by atoms with Crippen molar-refractivity contribution in [2.24, 2.45) is 0 Å². The maximum atomic E-state index is 12.6. The number of hydrogen-bond donors (Lipinski definition) is 1. The first kappa shape index (κ1) is 9.89. The van der Waals surface area contributed by atoms with Crippen LogP contribution < -0.4 is 10.2 Å². The number of anilines is 1. The molecule has 0 bridgehead atoms. The Labute approximate surface area is 87.1 Å². The van der Waals surface area contributed by atoms with Gasteiger partial charge in [-0.25, -0.2) is 9.37 Å². The van der Waals surface area contributed by atoms with Gasteiger partial charge in [0.1, 0.15) is 17.7 Å². The van der Waals surface area contributed by atoms with Crippen LogP contribution in [0.1, 0.15) is 6.42 Å². The van der Waals surface area contributed by atoms with Crippen LogP contribution >= 0.6 is 0 Å². The molecule has 1 fully saturated rings. The lowest BCUT2D eigenvalue weighted by atomic mass is 10.2. The van der Waals surface area contributed by atoms with E-state index in [9.17, 15) is 9.18 Å². The van der Waals surface area contributed by atoms with Gasteiger partial charge in [-0.15, -0.1) is 0 Å². The number of hydrogen-bond acceptors (Lipinski definition) is 3. The van der Waals surface area contributed by atoms with Crippen molar-refractivity contribution in [3.63, 3.8) is 0 Å². The first-order chi connectivity index (χ1) is 7.18. The Bertz CT molecular complexity index is 365. The van der Waals surface area contributed by atoms with Gasteiger partial charge >= 0.3 is 0 Å². The Hall–Kier alpha value is -1.65. The van der Waals surface area contributed by atoms with E-state index in [1.165, 1.54) is 6.07 Å². The van der Waals surface area contributed by atoms with Crippen molar-refractivity contribution in [1.82, 2.24) is 10.3 Å². The minimum atomic E-state index is -0.372. The Morgan fingerprint density at radius 2 is 2.40 bits per heavy atom. The second kappa shape index (κ2) is 3.84. The molecule has 1 aliphatic rings. The Kier molecular flexibility index (Phi) is 2.53. The third kappa shape index (κ3) is 1.91. The third-order valence-corrected chi connectivity index (χ3v) is 2.56. The molecule has 1 aromatic rings. The van der Waals surface area contributed by atoms with Crippen LogP contribution in [0.5, 0.6) is 0 Å². The number of carbonyl (C=O) groups is 1. The van der Waals surface area contributed by atoms with Crippen LogP contribution in [0.15, 0.2) is 18.3 Å². The lowest BCUT2D eigenvalue weighted by molar-refractivity contribution is -0.120. The molecule has 0 spiro atoms. The topological polar surface area (TPSA) is 45.2 Å². The number of rotatable bonds is 2. The number of carbonyl (C=O) groups excluding carboxylic acids is 1. The van der Waals surface area contributed by atoms with Gasteiger partial charge in [-0.3, -0.25) is 4.79 Å². The zero-order valence-corrected chi connectivity index (χ0v) is 8.40. The molecule has 1 unspecified atom stereocenters.